The van der Waals surface area contributed by atoms with E-state index >= 15 is 0 Å². The number of nitrogens with zero attached hydrogens (tertiary/aromatic N) is 4. The van der Waals surface area contributed by atoms with Crippen LogP contribution in [0.4, 0.5) is 14.5 Å². The monoisotopic (exact) mass is 451 g/mol. The Kier molecular flexibility index (Phi) is 5.41. The zero-order valence-electron chi connectivity index (χ0n) is 18.1. The zero-order chi connectivity index (χ0) is 23.1. The fourth-order valence-electron chi connectivity index (χ4n) is 4.40. The standard InChI is InChI=1S/C24H23F2N5O2/c1-2-3-20-29-22-16(24(27)32)12-14(30-8-10-33-11-9-30)13-19(22)31(20)18-6-7-28-23-15(18)4-5-17(25)21(23)26/h4-7,12-13H,2-3,8-11H2,1H3,(H2,27,32). The van der Waals surface area contributed by atoms with Crippen molar-refractivity contribution in [2.24, 2.45) is 5.73 Å². The second-order valence-electron chi connectivity index (χ2n) is 8.03. The molecule has 2 aromatic heterocycles. The van der Waals surface area contributed by atoms with E-state index in [1.54, 1.807) is 12.1 Å². The fraction of sp³-hybridized carbons (Fsp3) is 0.292. The maximum atomic E-state index is 14.5. The van der Waals surface area contributed by atoms with Crippen LogP contribution in [0, 0.1) is 11.6 Å². The Morgan fingerprint density at radius 2 is 1.94 bits per heavy atom. The number of hydrogen-bond acceptors (Lipinski definition) is 5. The van der Waals surface area contributed by atoms with E-state index in [1.807, 2.05) is 17.6 Å². The van der Waals surface area contributed by atoms with Crippen molar-refractivity contribution >= 4 is 33.5 Å². The average molecular weight is 451 g/mol. The van der Waals surface area contributed by atoms with Crippen LogP contribution < -0.4 is 10.6 Å². The summed E-state index contributed by atoms with van der Waals surface area (Å²) in [7, 11) is 0. The number of amides is 1. The minimum Gasteiger partial charge on any atom is -0.378 e. The molecule has 33 heavy (non-hydrogen) atoms. The third-order valence-electron chi connectivity index (χ3n) is 5.95. The van der Waals surface area contributed by atoms with Gasteiger partial charge in [-0.3, -0.25) is 14.3 Å². The number of fused-ring (bicyclic) bond motifs is 2. The van der Waals surface area contributed by atoms with Gasteiger partial charge in [0.05, 0.1) is 30.0 Å². The molecule has 0 atom stereocenters. The quantitative estimate of drug-likeness (QED) is 0.500. The number of pyridine rings is 1. The van der Waals surface area contributed by atoms with Gasteiger partial charge in [0, 0.05) is 36.8 Å². The topological polar surface area (TPSA) is 86.3 Å². The first-order chi connectivity index (χ1) is 16.0. The summed E-state index contributed by atoms with van der Waals surface area (Å²) in [5.74, 6) is -1.83. The molecule has 2 aromatic carbocycles. The van der Waals surface area contributed by atoms with Gasteiger partial charge in [-0.05, 0) is 36.8 Å². The molecule has 7 nitrogen and oxygen atoms in total. The van der Waals surface area contributed by atoms with E-state index in [1.165, 1.54) is 12.3 Å². The summed E-state index contributed by atoms with van der Waals surface area (Å²) in [5, 5.41) is 0.449. The van der Waals surface area contributed by atoms with Crippen molar-refractivity contribution in [2.75, 3.05) is 31.2 Å². The Morgan fingerprint density at radius 1 is 1.15 bits per heavy atom. The molecule has 0 radical (unpaired) electrons. The molecule has 1 aliphatic rings. The first-order valence-electron chi connectivity index (χ1n) is 10.9. The third kappa shape index (κ3) is 3.58. The lowest BCUT2D eigenvalue weighted by atomic mass is 10.1. The number of benzene rings is 2. The minimum atomic E-state index is -0.998. The van der Waals surface area contributed by atoms with Crippen LogP contribution in [0.3, 0.4) is 0 Å². The lowest BCUT2D eigenvalue weighted by molar-refractivity contribution is 0.100. The number of halogens is 2. The van der Waals surface area contributed by atoms with Crippen LogP contribution in [-0.4, -0.2) is 46.7 Å². The molecular formula is C24H23F2N5O2. The molecule has 1 saturated heterocycles. The van der Waals surface area contributed by atoms with E-state index in [2.05, 4.69) is 9.88 Å². The lowest BCUT2D eigenvalue weighted by Crippen LogP contribution is -2.36. The number of ether oxygens (including phenoxy) is 1. The number of carbonyl (C=O) groups is 1. The van der Waals surface area contributed by atoms with Crippen molar-refractivity contribution < 1.29 is 18.3 Å². The van der Waals surface area contributed by atoms with Crippen LogP contribution in [-0.2, 0) is 11.2 Å². The highest BCUT2D eigenvalue weighted by molar-refractivity contribution is 6.06. The number of aromatic nitrogens is 3. The van der Waals surface area contributed by atoms with E-state index in [9.17, 15) is 13.6 Å². The summed E-state index contributed by atoms with van der Waals surface area (Å²) < 4.78 is 35.8. The Balaban J connectivity index is 1.84. The normalized spacial score (nSPS) is 14.3. The summed E-state index contributed by atoms with van der Waals surface area (Å²) >= 11 is 0. The smallest absolute Gasteiger partial charge is 0.251 e. The van der Waals surface area contributed by atoms with Crippen LogP contribution in [0.25, 0.3) is 27.6 Å². The number of nitrogens with two attached hydrogens (primary N) is 1. The maximum absolute atomic E-state index is 14.5. The Morgan fingerprint density at radius 3 is 2.67 bits per heavy atom. The van der Waals surface area contributed by atoms with Crippen LogP contribution in [0.2, 0.25) is 0 Å². The molecule has 0 saturated carbocycles. The van der Waals surface area contributed by atoms with Crippen molar-refractivity contribution in [3.05, 3.63) is 59.6 Å². The number of primary amides is 1. The maximum Gasteiger partial charge on any atom is 0.251 e. The molecule has 3 heterocycles. The van der Waals surface area contributed by atoms with Gasteiger partial charge in [0.2, 0.25) is 0 Å². The highest BCUT2D eigenvalue weighted by Gasteiger charge is 2.23. The fourth-order valence-corrected chi connectivity index (χ4v) is 4.40. The van der Waals surface area contributed by atoms with Crippen molar-refractivity contribution in [3.8, 4) is 5.69 Å². The van der Waals surface area contributed by atoms with Gasteiger partial charge < -0.3 is 15.4 Å². The molecule has 0 bridgehead atoms. The van der Waals surface area contributed by atoms with Crippen LogP contribution in [0.5, 0.6) is 0 Å². The first kappa shape index (κ1) is 21.3. The highest BCUT2D eigenvalue weighted by atomic mass is 19.2. The van der Waals surface area contributed by atoms with Gasteiger partial charge in [0.25, 0.3) is 5.91 Å². The number of hydrogen-bond donors (Lipinski definition) is 1. The molecule has 5 rings (SSSR count). The summed E-state index contributed by atoms with van der Waals surface area (Å²) in [5.41, 5.74) is 8.61. The van der Waals surface area contributed by atoms with Crippen molar-refractivity contribution in [2.45, 2.75) is 19.8 Å². The SMILES string of the molecule is CCCc1nc2c(C(N)=O)cc(N3CCOCC3)cc2n1-c1ccnc2c(F)c(F)ccc12. The van der Waals surface area contributed by atoms with E-state index < -0.39 is 17.5 Å². The lowest BCUT2D eigenvalue weighted by Gasteiger charge is -2.29. The van der Waals surface area contributed by atoms with Crippen molar-refractivity contribution in [1.29, 1.82) is 0 Å². The summed E-state index contributed by atoms with van der Waals surface area (Å²) in [4.78, 5) is 23.3. The summed E-state index contributed by atoms with van der Waals surface area (Å²) in [6, 6.07) is 8.08. The van der Waals surface area contributed by atoms with Gasteiger partial charge in [-0.25, -0.2) is 13.8 Å². The predicted molar refractivity (Wildman–Crippen MR) is 122 cm³/mol. The summed E-state index contributed by atoms with van der Waals surface area (Å²) in [6.45, 7) is 4.57. The average Bonchev–Trinajstić information content (AvgIpc) is 3.19. The second-order valence-corrected chi connectivity index (χ2v) is 8.03. The third-order valence-corrected chi connectivity index (χ3v) is 5.95. The molecule has 0 spiro atoms. The Labute approximate surface area is 188 Å². The van der Waals surface area contributed by atoms with Gasteiger partial charge in [-0.2, -0.15) is 0 Å². The number of carbonyl (C=O) groups excluding carboxylic acids is 1. The molecule has 0 unspecified atom stereocenters. The van der Waals surface area contributed by atoms with E-state index in [0.29, 0.717) is 66.2 Å². The molecule has 1 amide bonds. The molecule has 2 N–H and O–H groups in total. The molecule has 170 valence electrons. The highest BCUT2D eigenvalue weighted by Crippen LogP contribution is 2.33. The van der Waals surface area contributed by atoms with Crippen LogP contribution in [0.1, 0.15) is 29.5 Å². The van der Waals surface area contributed by atoms with Gasteiger partial charge in [0.1, 0.15) is 16.9 Å². The second kappa shape index (κ2) is 8.40. The molecule has 1 aliphatic heterocycles. The first-order valence-corrected chi connectivity index (χ1v) is 10.9. The van der Waals surface area contributed by atoms with E-state index in [4.69, 9.17) is 15.5 Å². The molecule has 9 heteroatoms. The van der Waals surface area contributed by atoms with Gasteiger partial charge in [-0.1, -0.05) is 6.92 Å². The van der Waals surface area contributed by atoms with Gasteiger partial charge in [0.15, 0.2) is 11.6 Å². The van der Waals surface area contributed by atoms with Crippen LogP contribution >= 0.6 is 0 Å². The van der Waals surface area contributed by atoms with E-state index in [-0.39, 0.29) is 5.52 Å². The van der Waals surface area contributed by atoms with Crippen LogP contribution in [0.15, 0.2) is 36.5 Å². The molecule has 4 aromatic rings. The molecule has 1 fully saturated rings. The van der Waals surface area contributed by atoms with E-state index in [0.717, 1.165) is 18.2 Å². The van der Waals surface area contributed by atoms with Crippen molar-refractivity contribution in [3.63, 3.8) is 0 Å². The van der Waals surface area contributed by atoms with Crippen molar-refractivity contribution in [1.82, 2.24) is 14.5 Å². The molecular weight excluding hydrogens is 428 g/mol. The number of anilines is 1. The number of rotatable bonds is 5. The number of morpholine rings is 1. The van der Waals surface area contributed by atoms with Gasteiger partial charge in [-0.15, -0.1) is 0 Å². The zero-order valence-corrected chi connectivity index (χ0v) is 18.1. The largest absolute Gasteiger partial charge is 0.378 e. The Bertz CT molecular complexity index is 1380. The number of aryl methyl sites for hydroxylation is 1. The minimum absolute atomic E-state index is 0.0590. The predicted octanol–water partition coefficient (Wildman–Crippen LogP) is 3.74. The Hall–Kier alpha value is -3.59. The van der Waals surface area contributed by atoms with Gasteiger partial charge >= 0.3 is 0 Å². The molecule has 0 aliphatic carbocycles. The summed E-state index contributed by atoms with van der Waals surface area (Å²) in [6.07, 6.45) is 2.87. The number of imidazole rings is 1.